The number of methoxy groups -OCH3 is 1. The molecule has 2 amide bonds. The van der Waals surface area contributed by atoms with E-state index in [9.17, 15) is 9.90 Å². The lowest BCUT2D eigenvalue weighted by Gasteiger charge is -2.27. The number of ether oxygens (including phenoxy) is 1. The van der Waals surface area contributed by atoms with E-state index in [1.54, 1.807) is 14.2 Å². The normalized spacial score (nSPS) is 12.0. The molecule has 3 N–H and O–H groups in total. The van der Waals surface area contributed by atoms with Gasteiger partial charge in [0.15, 0.2) is 0 Å². The van der Waals surface area contributed by atoms with E-state index in [4.69, 9.17) is 4.74 Å². The van der Waals surface area contributed by atoms with Crippen molar-refractivity contribution < 1.29 is 14.6 Å². The smallest absolute Gasteiger partial charge is 0.322 e. The van der Waals surface area contributed by atoms with Crippen molar-refractivity contribution in [2.45, 2.75) is 6.04 Å². The van der Waals surface area contributed by atoms with Crippen LogP contribution in [0, 0.1) is 0 Å². The van der Waals surface area contributed by atoms with Crippen LogP contribution in [0.1, 0.15) is 11.6 Å². The molecule has 1 aromatic heterocycles. The van der Waals surface area contributed by atoms with Gasteiger partial charge in [-0.05, 0) is 42.0 Å². The molecule has 1 heterocycles. The molecule has 130 valence electrons. The number of benzene rings is 2. The quantitative estimate of drug-likeness (QED) is 0.667. The minimum atomic E-state index is -0.443. The van der Waals surface area contributed by atoms with E-state index in [2.05, 4.69) is 10.3 Å². The van der Waals surface area contributed by atoms with Crippen molar-refractivity contribution in [3.63, 3.8) is 0 Å². The minimum absolute atomic E-state index is 0.174. The van der Waals surface area contributed by atoms with Gasteiger partial charge in [0.05, 0.1) is 19.8 Å². The molecule has 0 fully saturated rings. The van der Waals surface area contributed by atoms with Gasteiger partial charge in [-0.25, -0.2) is 4.79 Å². The Morgan fingerprint density at radius 2 is 2.00 bits per heavy atom. The highest BCUT2D eigenvalue weighted by Crippen LogP contribution is 2.23. The molecule has 3 rings (SSSR count). The number of fused-ring (bicyclic) bond motifs is 1. The second-order valence-corrected chi connectivity index (χ2v) is 5.79. The number of aromatic nitrogens is 1. The summed E-state index contributed by atoms with van der Waals surface area (Å²) in [6.07, 6.45) is 1.86. The summed E-state index contributed by atoms with van der Waals surface area (Å²) in [7, 11) is 3.26. The summed E-state index contributed by atoms with van der Waals surface area (Å²) in [6.45, 7) is -0.174. The van der Waals surface area contributed by atoms with E-state index < -0.39 is 6.04 Å². The molecule has 0 saturated carbocycles. The molecule has 25 heavy (non-hydrogen) atoms. The summed E-state index contributed by atoms with van der Waals surface area (Å²) in [5.41, 5.74) is 2.55. The SMILES string of the molecule is COc1ccc(C(CO)N(C)C(=O)Nc2ccc3[nH]ccc3c2)cc1. The number of likely N-dealkylation sites (N-methyl/N-ethyl adjacent to an activating group) is 1. The Morgan fingerprint density at radius 3 is 2.68 bits per heavy atom. The van der Waals surface area contributed by atoms with Crippen LogP contribution in [0.15, 0.2) is 54.7 Å². The molecular weight excluding hydrogens is 318 g/mol. The number of nitrogens with zero attached hydrogens (tertiary/aromatic N) is 1. The topological polar surface area (TPSA) is 77.6 Å². The van der Waals surface area contributed by atoms with Crippen molar-refractivity contribution in [3.05, 3.63) is 60.3 Å². The number of anilines is 1. The number of nitrogens with one attached hydrogen (secondary N) is 2. The van der Waals surface area contributed by atoms with Gasteiger partial charge < -0.3 is 25.0 Å². The van der Waals surface area contributed by atoms with E-state index in [0.717, 1.165) is 22.2 Å². The van der Waals surface area contributed by atoms with Gasteiger partial charge in [-0.3, -0.25) is 0 Å². The van der Waals surface area contributed by atoms with E-state index in [1.807, 2.05) is 54.7 Å². The van der Waals surface area contributed by atoms with Crippen molar-refractivity contribution in [1.29, 1.82) is 0 Å². The highest BCUT2D eigenvalue weighted by molar-refractivity contribution is 5.92. The number of urea groups is 1. The number of hydrogen-bond acceptors (Lipinski definition) is 3. The van der Waals surface area contributed by atoms with Gasteiger partial charge in [-0.2, -0.15) is 0 Å². The lowest BCUT2D eigenvalue weighted by Crippen LogP contribution is -2.36. The molecule has 1 unspecified atom stereocenters. The molecule has 2 aromatic carbocycles. The number of aliphatic hydroxyl groups is 1. The molecule has 0 radical (unpaired) electrons. The first-order valence-corrected chi connectivity index (χ1v) is 7.98. The van der Waals surface area contributed by atoms with Crippen LogP contribution in [-0.4, -0.2) is 41.8 Å². The van der Waals surface area contributed by atoms with Crippen LogP contribution in [0.2, 0.25) is 0 Å². The number of amides is 2. The zero-order chi connectivity index (χ0) is 17.8. The number of hydrogen-bond donors (Lipinski definition) is 3. The largest absolute Gasteiger partial charge is 0.497 e. The fourth-order valence-corrected chi connectivity index (χ4v) is 2.76. The monoisotopic (exact) mass is 339 g/mol. The molecule has 0 aliphatic heterocycles. The molecule has 0 saturated heterocycles. The maximum absolute atomic E-state index is 12.6. The number of rotatable bonds is 5. The van der Waals surface area contributed by atoms with E-state index in [-0.39, 0.29) is 12.6 Å². The predicted molar refractivity (Wildman–Crippen MR) is 97.9 cm³/mol. The molecule has 3 aromatic rings. The second-order valence-electron chi connectivity index (χ2n) is 5.79. The van der Waals surface area contributed by atoms with Crippen molar-refractivity contribution in [2.24, 2.45) is 0 Å². The third-order valence-corrected chi connectivity index (χ3v) is 4.27. The van der Waals surface area contributed by atoms with Crippen LogP contribution in [-0.2, 0) is 0 Å². The lowest BCUT2D eigenvalue weighted by atomic mass is 10.1. The summed E-state index contributed by atoms with van der Waals surface area (Å²) in [6, 6.07) is 14.2. The summed E-state index contributed by atoms with van der Waals surface area (Å²) < 4.78 is 5.14. The van der Waals surface area contributed by atoms with Crippen LogP contribution >= 0.6 is 0 Å². The van der Waals surface area contributed by atoms with Gasteiger partial charge in [0.25, 0.3) is 0 Å². The van der Waals surface area contributed by atoms with Crippen LogP contribution in [0.4, 0.5) is 10.5 Å². The summed E-state index contributed by atoms with van der Waals surface area (Å²) in [5.74, 6) is 0.729. The maximum atomic E-state index is 12.6. The number of carbonyl (C=O) groups excluding carboxylic acids is 1. The van der Waals surface area contributed by atoms with Crippen LogP contribution in [0.3, 0.4) is 0 Å². The van der Waals surface area contributed by atoms with Crippen molar-refractivity contribution >= 4 is 22.6 Å². The highest BCUT2D eigenvalue weighted by atomic mass is 16.5. The Morgan fingerprint density at radius 1 is 1.24 bits per heavy atom. The van der Waals surface area contributed by atoms with E-state index in [1.165, 1.54) is 4.90 Å². The molecule has 6 nitrogen and oxygen atoms in total. The number of carbonyl (C=O) groups is 1. The summed E-state index contributed by atoms with van der Waals surface area (Å²) >= 11 is 0. The Balaban J connectivity index is 1.74. The van der Waals surface area contributed by atoms with Gasteiger partial charge in [0.2, 0.25) is 0 Å². The molecule has 1 atom stereocenters. The van der Waals surface area contributed by atoms with Gasteiger partial charge in [-0.15, -0.1) is 0 Å². The maximum Gasteiger partial charge on any atom is 0.322 e. The predicted octanol–water partition coefficient (Wildman–Crippen LogP) is 3.37. The van der Waals surface area contributed by atoms with Crippen molar-refractivity contribution in [3.8, 4) is 5.75 Å². The molecule has 6 heteroatoms. The first kappa shape index (κ1) is 16.9. The fourth-order valence-electron chi connectivity index (χ4n) is 2.76. The Hall–Kier alpha value is -2.99. The van der Waals surface area contributed by atoms with Gasteiger partial charge in [0, 0.05) is 29.8 Å². The average molecular weight is 339 g/mol. The molecular formula is C19H21N3O3. The zero-order valence-corrected chi connectivity index (χ0v) is 14.2. The van der Waals surface area contributed by atoms with Gasteiger partial charge >= 0.3 is 6.03 Å². The Kier molecular flexibility index (Phi) is 4.90. The van der Waals surface area contributed by atoms with Crippen molar-refractivity contribution in [1.82, 2.24) is 9.88 Å². The van der Waals surface area contributed by atoms with E-state index >= 15 is 0 Å². The number of H-pyrrole nitrogens is 1. The molecule has 0 spiro atoms. The Bertz CT molecular complexity index is 858. The van der Waals surface area contributed by atoms with Crippen LogP contribution < -0.4 is 10.1 Å². The first-order valence-electron chi connectivity index (χ1n) is 7.98. The van der Waals surface area contributed by atoms with Gasteiger partial charge in [-0.1, -0.05) is 12.1 Å². The molecule has 0 bridgehead atoms. The second kappa shape index (κ2) is 7.27. The van der Waals surface area contributed by atoms with E-state index in [0.29, 0.717) is 5.69 Å². The Labute approximate surface area is 146 Å². The lowest BCUT2D eigenvalue weighted by molar-refractivity contribution is 0.159. The van der Waals surface area contributed by atoms with Crippen molar-refractivity contribution in [2.75, 3.05) is 26.1 Å². The molecule has 0 aliphatic carbocycles. The van der Waals surface area contributed by atoms with Crippen LogP contribution in [0.5, 0.6) is 5.75 Å². The third kappa shape index (κ3) is 3.59. The summed E-state index contributed by atoms with van der Waals surface area (Å²) in [5, 5.41) is 13.6. The summed E-state index contributed by atoms with van der Waals surface area (Å²) in [4.78, 5) is 17.2. The number of aromatic amines is 1. The number of aliphatic hydroxyl groups excluding tert-OH is 1. The first-order chi connectivity index (χ1) is 12.1. The molecule has 0 aliphatic rings. The third-order valence-electron chi connectivity index (χ3n) is 4.27. The standard InChI is InChI=1S/C19H21N3O3/c1-22(18(12-23)13-3-6-16(25-2)7-4-13)19(24)21-15-5-8-17-14(11-15)9-10-20-17/h3-11,18,20,23H,12H2,1-2H3,(H,21,24). The average Bonchev–Trinajstić information content (AvgIpc) is 3.10. The fraction of sp³-hybridized carbons (Fsp3) is 0.211. The highest BCUT2D eigenvalue weighted by Gasteiger charge is 2.21. The van der Waals surface area contributed by atoms with Gasteiger partial charge in [0.1, 0.15) is 5.75 Å². The minimum Gasteiger partial charge on any atom is -0.497 e. The zero-order valence-electron chi connectivity index (χ0n) is 14.2. The van der Waals surface area contributed by atoms with Crippen LogP contribution in [0.25, 0.3) is 10.9 Å².